The molecule has 0 radical (unpaired) electrons. The molecule has 2 rings (SSSR count). The highest BCUT2D eigenvalue weighted by Crippen LogP contribution is 2.21. The zero-order chi connectivity index (χ0) is 14.9. The standard InChI is InChI=1S/C13H14BrClN2O2S/c1-9(2)13-16-12(20(15,18)19)8-17(13)7-10-4-3-5-11(14)6-10/h3-6,8-9H,7H2,1-2H3. The van der Waals surface area contributed by atoms with E-state index in [-0.39, 0.29) is 10.9 Å². The van der Waals surface area contributed by atoms with E-state index >= 15 is 0 Å². The minimum Gasteiger partial charge on any atom is -0.329 e. The first-order valence-electron chi connectivity index (χ1n) is 6.03. The predicted octanol–water partition coefficient (Wildman–Crippen LogP) is 3.74. The van der Waals surface area contributed by atoms with E-state index in [9.17, 15) is 8.42 Å². The van der Waals surface area contributed by atoms with Gasteiger partial charge in [-0.05, 0) is 17.7 Å². The molecule has 0 saturated carbocycles. The van der Waals surface area contributed by atoms with Crippen molar-refractivity contribution in [2.45, 2.75) is 31.3 Å². The molecule has 0 spiro atoms. The van der Waals surface area contributed by atoms with Crippen LogP contribution in [0.5, 0.6) is 0 Å². The molecule has 0 bridgehead atoms. The van der Waals surface area contributed by atoms with Crippen LogP contribution in [0.1, 0.15) is 31.2 Å². The van der Waals surface area contributed by atoms with E-state index in [4.69, 9.17) is 10.7 Å². The molecule has 0 atom stereocenters. The summed E-state index contributed by atoms with van der Waals surface area (Å²) in [6.45, 7) is 4.47. The lowest BCUT2D eigenvalue weighted by Gasteiger charge is -2.10. The Hall–Kier alpha value is -0.850. The minimum absolute atomic E-state index is 0.0992. The second-order valence-corrected chi connectivity index (χ2v) is 8.22. The molecule has 0 unspecified atom stereocenters. The molecular weight excluding hydrogens is 364 g/mol. The summed E-state index contributed by atoms with van der Waals surface area (Å²) in [7, 11) is 1.56. The number of imidazole rings is 1. The van der Waals surface area contributed by atoms with E-state index in [1.54, 1.807) is 0 Å². The Kier molecular flexibility index (Phi) is 4.56. The number of hydrogen-bond donors (Lipinski definition) is 0. The van der Waals surface area contributed by atoms with Gasteiger partial charge in [-0.2, -0.15) is 0 Å². The molecule has 108 valence electrons. The average molecular weight is 378 g/mol. The van der Waals surface area contributed by atoms with Gasteiger partial charge >= 0.3 is 0 Å². The smallest absolute Gasteiger partial charge is 0.280 e. The lowest BCUT2D eigenvalue weighted by Crippen LogP contribution is -2.05. The first-order chi connectivity index (χ1) is 9.27. The van der Waals surface area contributed by atoms with Crippen LogP contribution in [-0.2, 0) is 15.6 Å². The summed E-state index contributed by atoms with van der Waals surface area (Å²) in [4.78, 5) is 4.13. The van der Waals surface area contributed by atoms with Crippen LogP contribution in [0.15, 0.2) is 40.0 Å². The van der Waals surface area contributed by atoms with Gasteiger partial charge < -0.3 is 4.57 Å². The Labute approximate surface area is 131 Å². The van der Waals surface area contributed by atoms with Crippen molar-refractivity contribution in [3.8, 4) is 0 Å². The van der Waals surface area contributed by atoms with Gasteiger partial charge in [0.15, 0.2) is 5.03 Å². The summed E-state index contributed by atoms with van der Waals surface area (Å²) in [5.74, 6) is 0.804. The molecule has 20 heavy (non-hydrogen) atoms. The first-order valence-corrected chi connectivity index (χ1v) is 9.14. The maximum absolute atomic E-state index is 11.4. The van der Waals surface area contributed by atoms with Crippen LogP contribution < -0.4 is 0 Å². The second kappa shape index (κ2) is 5.87. The third-order valence-electron chi connectivity index (χ3n) is 2.79. The fraction of sp³-hybridized carbons (Fsp3) is 0.308. The fourth-order valence-electron chi connectivity index (χ4n) is 1.94. The third kappa shape index (κ3) is 3.62. The summed E-state index contributed by atoms with van der Waals surface area (Å²) in [6, 6.07) is 7.84. The molecule has 0 aliphatic carbocycles. The van der Waals surface area contributed by atoms with Crippen LogP contribution >= 0.6 is 26.6 Å². The largest absolute Gasteiger partial charge is 0.329 e. The van der Waals surface area contributed by atoms with Crippen LogP contribution in [0.2, 0.25) is 0 Å². The molecule has 7 heteroatoms. The summed E-state index contributed by atoms with van der Waals surface area (Å²) < 4.78 is 25.6. The Morgan fingerprint density at radius 1 is 1.40 bits per heavy atom. The van der Waals surface area contributed by atoms with Gasteiger partial charge in [-0.25, -0.2) is 13.4 Å². The first kappa shape index (κ1) is 15.5. The number of hydrogen-bond acceptors (Lipinski definition) is 3. The summed E-state index contributed by atoms with van der Waals surface area (Å²) in [6.07, 6.45) is 1.48. The zero-order valence-electron chi connectivity index (χ0n) is 11.0. The Balaban J connectivity index is 2.43. The van der Waals surface area contributed by atoms with Crippen molar-refractivity contribution >= 4 is 35.7 Å². The van der Waals surface area contributed by atoms with Crippen molar-refractivity contribution < 1.29 is 8.42 Å². The highest BCUT2D eigenvalue weighted by atomic mass is 79.9. The van der Waals surface area contributed by atoms with Crippen LogP contribution in [0.3, 0.4) is 0 Å². The van der Waals surface area contributed by atoms with Gasteiger partial charge in [0.1, 0.15) is 5.82 Å². The molecule has 4 nitrogen and oxygen atoms in total. The van der Waals surface area contributed by atoms with Gasteiger partial charge in [-0.15, -0.1) is 0 Å². The SMILES string of the molecule is CC(C)c1nc(S(=O)(=O)Cl)cn1Cc1cccc(Br)c1. The molecule has 0 aliphatic rings. The number of halogens is 2. The van der Waals surface area contributed by atoms with Gasteiger partial charge in [-0.3, -0.25) is 0 Å². The Morgan fingerprint density at radius 3 is 2.65 bits per heavy atom. The number of benzene rings is 1. The maximum Gasteiger partial charge on any atom is 0.280 e. The van der Waals surface area contributed by atoms with Gasteiger partial charge in [0, 0.05) is 33.8 Å². The van der Waals surface area contributed by atoms with Gasteiger partial charge in [0.2, 0.25) is 0 Å². The van der Waals surface area contributed by atoms with Crippen LogP contribution in [0, 0.1) is 0 Å². The van der Waals surface area contributed by atoms with Crippen molar-refractivity contribution in [3.63, 3.8) is 0 Å². The molecule has 0 aliphatic heterocycles. The van der Waals surface area contributed by atoms with Crippen molar-refractivity contribution in [2.75, 3.05) is 0 Å². The van der Waals surface area contributed by atoms with Crippen molar-refractivity contribution in [2.24, 2.45) is 0 Å². The Morgan fingerprint density at radius 2 is 2.10 bits per heavy atom. The molecule has 0 N–H and O–H groups in total. The topological polar surface area (TPSA) is 52.0 Å². The molecule has 1 aromatic carbocycles. The Bertz CT molecular complexity index is 726. The van der Waals surface area contributed by atoms with Gasteiger partial charge in [0.25, 0.3) is 9.05 Å². The highest BCUT2D eigenvalue weighted by Gasteiger charge is 2.19. The number of nitrogens with zero attached hydrogens (tertiary/aromatic N) is 2. The summed E-state index contributed by atoms with van der Waals surface area (Å²) in [5, 5.41) is -0.0992. The number of aromatic nitrogens is 2. The van der Waals surface area contributed by atoms with E-state index in [1.165, 1.54) is 6.20 Å². The van der Waals surface area contributed by atoms with Crippen molar-refractivity contribution in [1.29, 1.82) is 0 Å². The van der Waals surface area contributed by atoms with Crippen LogP contribution in [-0.4, -0.2) is 18.0 Å². The summed E-state index contributed by atoms with van der Waals surface area (Å²) in [5.41, 5.74) is 1.05. The quantitative estimate of drug-likeness (QED) is 0.763. The van der Waals surface area contributed by atoms with Crippen molar-refractivity contribution in [3.05, 3.63) is 46.3 Å². The zero-order valence-corrected chi connectivity index (χ0v) is 14.2. The van der Waals surface area contributed by atoms with E-state index in [0.717, 1.165) is 10.0 Å². The van der Waals surface area contributed by atoms with E-state index in [1.807, 2.05) is 42.7 Å². The van der Waals surface area contributed by atoms with Crippen molar-refractivity contribution in [1.82, 2.24) is 9.55 Å². The third-order valence-corrected chi connectivity index (χ3v) is 4.46. The molecule has 0 fully saturated rings. The molecular formula is C13H14BrClN2O2S. The highest BCUT2D eigenvalue weighted by molar-refractivity contribution is 9.10. The second-order valence-electron chi connectivity index (χ2n) is 4.79. The fourth-order valence-corrected chi connectivity index (χ4v) is 3.07. The van der Waals surface area contributed by atoms with E-state index in [2.05, 4.69) is 20.9 Å². The lowest BCUT2D eigenvalue weighted by molar-refractivity contribution is 0.606. The minimum atomic E-state index is -3.81. The van der Waals surface area contributed by atoms with Gasteiger partial charge in [0.05, 0.1) is 0 Å². The van der Waals surface area contributed by atoms with Crippen LogP contribution in [0.25, 0.3) is 0 Å². The molecule has 0 amide bonds. The number of rotatable bonds is 4. The molecule has 1 aromatic heterocycles. The van der Waals surface area contributed by atoms with E-state index < -0.39 is 9.05 Å². The molecule has 2 aromatic rings. The normalized spacial score (nSPS) is 12.1. The molecule has 0 saturated heterocycles. The average Bonchev–Trinajstić information content (AvgIpc) is 2.72. The molecule has 1 heterocycles. The lowest BCUT2D eigenvalue weighted by atomic mass is 10.2. The summed E-state index contributed by atoms with van der Waals surface area (Å²) >= 11 is 3.42. The van der Waals surface area contributed by atoms with Crippen LogP contribution in [0.4, 0.5) is 0 Å². The van der Waals surface area contributed by atoms with E-state index in [0.29, 0.717) is 12.4 Å². The van der Waals surface area contributed by atoms with Gasteiger partial charge in [-0.1, -0.05) is 41.9 Å². The maximum atomic E-state index is 11.4. The monoisotopic (exact) mass is 376 g/mol. The predicted molar refractivity (Wildman–Crippen MR) is 82.6 cm³/mol.